The van der Waals surface area contributed by atoms with Gasteiger partial charge in [0.2, 0.25) is 0 Å². The smallest absolute Gasteiger partial charge is 0.168 e. The van der Waals surface area contributed by atoms with Gasteiger partial charge < -0.3 is 15.5 Å². The topological polar surface area (TPSA) is 69.2 Å². The van der Waals surface area contributed by atoms with E-state index in [0.29, 0.717) is 25.2 Å². The van der Waals surface area contributed by atoms with E-state index in [2.05, 4.69) is 4.98 Å². The molecule has 142 valence electrons. The van der Waals surface area contributed by atoms with Crippen LogP contribution in [0.5, 0.6) is 0 Å². The summed E-state index contributed by atoms with van der Waals surface area (Å²) >= 11 is 0. The first kappa shape index (κ1) is 17.6. The third-order valence-electron chi connectivity index (χ3n) is 5.47. The van der Waals surface area contributed by atoms with Crippen molar-refractivity contribution in [1.82, 2.24) is 9.88 Å². The fraction of sp³-hybridized carbons (Fsp3) is 0.368. The molecule has 1 aromatic carbocycles. The van der Waals surface area contributed by atoms with Crippen LogP contribution in [0.4, 0.5) is 24.7 Å². The molecule has 1 aliphatic heterocycles. The molecule has 8 heteroatoms. The minimum Gasteiger partial charge on any atom is -0.396 e. The minimum absolute atomic E-state index is 0.0236. The summed E-state index contributed by atoms with van der Waals surface area (Å²) in [6.45, 7) is 3.15. The van der Waals surface area contributed by atoms with E-state index in [0.717, 1.165) is 30.7 Å². The summed E-state index contributed by atoms with van der Waals surface area (Å²) in [6.07, 6.45) is 2.68. The molecule has 1 aromatic heterocycles. The van der Waals surface area contributed by atoms with Crippen LogP contribution in [-0.2, 0) is 0 Å². The molecule has 1 spiro atoms. The predicted molar refractivity (Wildman–Crippen MR) is 97.4 cm³/mol. The summed E-state index contributed by atoms with van der Waals surface area (Å²) in [5.74, 6) is -1.64. The van der Waals surface area contributed by atoms with E-state index in [1.165, 1.54) is 6.07 Å². The Hall–Kier alpha value is -2.77. The van der Waals surface area contributed by atoms with Crippen LogP contribution >= 0.6 is 0 Å². The summed E-state index contributed by atoms with van der Waals surface area (Å²) in [5, 5.41) is 8.66. The number of nitrogens with one attached hydrogen (secondary N) is 1. The molecule has 2 aliphatic rings. The molecule has 0 unspecified atom stereocenters. The van der Waals surface area contributed by atoms with E-state index in [4.69, 9.17) is 11.1 Å². The molecular weight excluding hydrogens is 355 g/mol. The fourth-order valence-electron chi connectivity index (χ4n) is 3.87. The molecule has 0 radical (unpaired) electrons. The Labute approximate surface area is 155 Å². The lowest BCUT2D eigenvalue weighted by atomic mass is 10.0. The lowest BCUT2D eigenvalue weighted by Crippen LogP contribution is -2.57. The Balaban J connectivity index is 1.61. The highest BCUT2D eigenvalue weighted by Gasteiger charge is 2.53. The van der Waals surface area contributed by atoms with E-state index in [-0.39, 0.29) is 22.9 Å². The zero-order valence-corrected chi connectivity index (χ0v) is 14.9. The Morgan fingerprint density at radius 2 is 1.93 bits per heavy atom. The van der Waals surface area contributed by atoms with Crippen molar-refractivity contribution in [2.75, 3.05) is 30.3 Å². The van der Waals surface area contributed by atoms with Gasteiger partial charge in [0, 0.05) is 31.3 Å². The number of benzene rings is 1. The lowest BCUT2D eigenvalue weighted by molar-refractivity contribution is 0.257. The number of anilines is 2. The zero-order valence-electron chi connectivity index (χ0n) is 14.9. The molecule has 1 saturated carbocycles. The van der Waals surface area contributed by atoms with Gasteiger partial charge in [-0.3, -0.25) is 5.41 Å². The molecule has 5 nitrogen and oxygen atoms in total. The number of hydrogen-bond acceptors (Lipinski definition) is 4. The van der Waals surface area contributed by atoms with E-state index in [1.54, 1.807) is 17.9 Å². The average molecular weight is 375 g/mol. The van der Waals surface area contributed by atoms with E-state index >= 15 is 0 Å². The van der Waals surface area contributed by atoms with Gasteiger partial charge in [-0.25, -0.2) is 18.2 Å². The van der Waals surface area contributed by atoms with E-state index in [1.807, 2.05) is 4.90 Å². The van der Waals surface area contributed by atoms with Gasteiger partial charge in [0.05, 0.1) is 17.4 Å². The van der Waals surface area contributed by atoms with Gasteiger partial charge in [-0.1, -0.05) is 6.07 Å². The second-order valence-corrected chi connectivity index (χ2v) is 7.26. The maximum absolute atomic E-state index is 14.1. The molecule has 3 N–H and O–H groups in total. The number of aryl methyl sites for hydroxylation is 1. The van der Waals surface area contributed by atoms with E-state index < -0.39 is 17.5 Å². The second kappa shape index (κ2) is 6.14. The minimum atomic E-state index is -0.713. The van der Waals surface area contributed by atoms with Crippen molar-refractivity contribution in [2.45, 2.75) is 25.3 Å². The third kappa shape index (κ3) is 2.89. The largest absolute Gasteiger partial charge is 0.396 e. The van der Waals surface area contributed by atoms with Gasteiger partial charge in [-0.05, 0) is 31.4 Å². The fourth-order valence-corrected chi connectivity index (χ4v) is 3.87. The maximum atomic E-state index is 14.1. The Morgan fingerprint density at radius 1 is 1.19 bits per heavy atom. The molecule has 0 amide bonds. The first-order valence-corrected chi connectivity index (χ1v) is 8.79. The van der Waals surface area contributed by atoms with Crippen LogP contribution in [-0.4, -0.2) is 40.9 Å². The van der Waals surface area contributed by atoms with Crippen LogP contribution in [0.25, 0.3) is 0 Å². The van der Waals surface area contributed by atoms with Gasteiger partial charge in [0.25, 0.3) is 0 Å². The van der Waals surface area contributed by atoms with Gasteiger partial charge in [0.15, 0.2) is 11.6 Å². The quantitative estimate of drug-likeness (QED) is 0.481. The number of halogens is 3. The monoisotopic (exact) mass is 375 g/mol. The normalized spacial score (nSPS) is 18.1. The van der Waals surface area contributed by atoms with Crippen LogP contribution in [0.15, 0.2) is 24.4 Å². The molecule has 2 aromatic rings. The molecule has 2 heterocycles. The van der Waals surface area contributed by atoms with E-state index in [9.17, 15) is 13.2 Å². The van der Waals surface area contributed by atoms with Crippen molar-refractivity contribution >= 4 is 17.3 Å². The number of pyridine rings is 1. The van der Waals surface area contributed by atoms with Crippen LogP contribution in [0.1, 0.15) is 24.0 Å². The molecule has 4 rings (SSSR count). The summed E-state index contributed by atoms with van der Waals surface area (Å²) in [5.41, 5.74) is 6.69. The van der Waals surface area contributed by atoms with Crippen molar-refractivity contribution in [2.24, 2.45) is 0 Å². The van der Waals surface area contributed by atoms with Gasteiger partial charge >= 0.3 is 0 Å². The Bertz CT molecular complexity index is 926. The SMILES string of the molecule is Cc1ccc(F)c(N)c1C(=N)N1CCN(c2ncc(F)cc2F)CC12CC2. The van der Waals surface area contributed by atoms with Crippen LogP contribution in [0.3, 0.4) is 0 Å². The molecule has 1 aliphatic carbocycles. The number of nitrogens with zero attached hydrogens (tertiary/aromatic N) is 3. The number of piperazine rings is 1. The molecule has 0 atom stereocenters. The number of rotatable bonds is 2. The Morgan fingerprint density at radius 3 is 2.59 bits per heavy atom. The van der Waals surface area contributed by atoms with Gasteiger partial charge in [0.1, 0.15) is 17.5 Å². The number of hydrogen-bond donors (Lipinski definition) is 2. The summed E-state index contributed by atoms with van der Waals surface area (Å²) in [7, 11) is 0. The first-order chi connectivity index (χ1) is 12.8. The lowest BCUT2D eigenvalue weighted by Gasteiger charge is -2.44. The van der Waals surface area contributed by atoms with Gasteiger partial charge in [-0.2, -0.15) is 0 Å². The predicted octanol–water partition coefficient (Wildman–Crippen LogP) is 3.07. The Kier molecular flexibility index (Phi) is 4.01. The number of nitrogen functional groups attached to an aromatic ring is 1. The third-order valence-corrected chi connectivity index (χ3v) is 5.47. The molecule has 27 heavy (non-hydrogen) atoms. The molecule has 2 fully saturated rings. The van der Waals surface area contributed by atoms with Crippen LogP contribution in [0, 0.1) is 29.8 Å². The summed E-state index contributed by atoms with van der Waals surface area (Å²) in [6, 6.07) is 3.74. The van der Waals surface area contributed by atoms with Crippen LogP contribution in [0.2, 0.25) is 0 Å². The molecular formula is C19H20F3N5. The second-order valence-electron chi connectivity index (χ2n) is 7.26. The highest BCUT2D eigenvalue weighted by molar-refractivity contribution is 6.03. The summed E-state index contributed by atoms with van der Waals surface area (Å²) < 4.78 is 41.2. The van der Waals surface area contributed by atoms with Crippen molar-refractivity contribution in [3.63, 3.8) is 0 Å². The number of nitrogens with two attached hydrogens (primary N) is 1. The highest BCUT2D eigenvalue weighted by Crippen LogP contribution is 2.46. The molecule has 0 bridgehead atoms. The van der Waals surface area contributed by atoms with Crippen molar-refractivity contribution < 1.29 is 13.2 Å². The zero-order chi connectivity index (χ0) is 19.3. The summed E-state index contributed by atoms with van der Waals surface area (Å²) in [4.78, 5) is 7.62. The van der Waals surface area contributed by atoms with Crippen molar-refractivity contribution in [3.8, 4) is 0 Å². The number of amidine groups is 1. The van der Waals surface area contributed by atoms with Gasteiger partial charge in [-0.15, -0.1) is 0 Å². The van der Waals surface area contributed by atoms with Crippen LogP contribution < -0.4 is 10.6 Å². The maximum Gasteiger partial charge on any atom is 0.168 e. The van der Waals surface area contributed by atoms with Crippen molar-refractivity contribution in [1.29, 1.82) is 5.41 Å². The number of aromatic nitrogens is 1. The first-order valence-electron chi connectivity index (χ1n) is 8.79. The standard InChI is InChI=1S/C19H20F3N5/c1-11-2-3-13(21)16(23)15(11)17(24)27-7-6-26(10-19(27)4-5-19)18-14(22)8-12(20)9-25-18/h2-3,8-9,24H,4-7,10,23H2,1H3. The highest BCUT2D eigenvalue weighted by atomic mass is 19.1. The average Bonchev–Trinajstić information content (AvgIpc) is 3.37. The van der Waals surface area contributed by atoms with Crippen molar-refractivity contribution in [3.05, 3.63) is 53.0 Å². The molecule has 1 saturated heterocycles.